The van der Waals surface area contributed by atoms with Gasteiger partial charge in [-0.05, 0) is 62.3 Å². The predicted octanol–water partition coefficient (Wildman–Crippen LogP) is 4.93. The number of hydrogen-bond donors (Lipinski definition) is 1. The zero-order valence-corrected chi connectivity index (χ0v) is 13.8. The van der Waals surface area contributed by atoms with Gasteiger partial charge in [0.15, 0.2) is 0 Å². The van der Waals surface area contributed by atoms with Crippen molar-refractivity contribution in [1.29, 1.82) is 0 Å². The second-order valence-electron chi connectivity index (χ2n) is 6.06. The Bertz CT molecular complexity index is 851. The first-order valence-electron chi connectivity index (χ1n) is 7.82. The molecule has 0 bridgehead atoms. The first kappa shape index (κ1) is 13.7. The van der Waals surface area contributed by atoms with Crippen LogP contribution in [0.1, 0.15) is 34.4 Å². The van der Waals surface area contributed by atoms with E-state index in [9.17, 15) is 0 Å². The van der Waals surface area contributed by atoms with Gasteiger partial charge in [0.05, 0.1) is 5.39 Å². The van der Waals surface area contributed by atoms with Crippen LogP contribution in [0.4, 0.5) is 11.5 Å². The number of anilines is 2. The minimum absolute atomic E-state index is 0.957. The van der Waals surface area contributed by atoms with E-state index in [1.807, 2.05) is 11.3 Å². The van der Waals surface area contributed by atoms with Gasteiger partial charge in [-0.25, -0.2) is 9.97 Å². The van der Waals surface area contributed by atoms with Gasteiger partial charge < -0.3 is 5.32 Å². The lowest BCUT2D eigenvalue weighted by Crippen LogP contribution is -2.01. The highest BCUT2D eigenvalue weighted by Crippen LogP contribution is 2.39. The fourth-order valence-electron chi connectivity index (χ4n) is 3.18. The number of aryl methyl sites for hydroxylation is 4. The molecule has 3 nitrogen and oxygen atoms in total. The van der Waals surface area contributed by atoms with Gasteiger partial charge in [-0.3, -0.25) is 0 Å². The summed E-state index contributed by atoms with van der Waals surface area (Å²) in [5, 5.41) is 4.79. The van der Waals surface area contributed by atoms with E-state index in [0.717, 1.165) is 22.8 Å². The maximum Gasteiger partial charge on any atom is 0.142 e. The molecule has 3 aromatic rings. The average Bonchev–Trinajstić information content (AvgIpc) is 2.90. The summed E-state index contributed by atoms with van der Waals surface area (Å²) in [4.78, 5) is 11.7. The quantitative estimate of drug-likeness (QED) is 0.729. The normalized spacial score (nSPS) is 14.1. The van der Waals surface area contributed by atoms with Crippen molar-refractivity contribution < 1.29 is 0 Å². The first-order chi connectivity index (χ1) is 10.7. The van der Waals surface area contributed by atoms with Crippen molar-refractivity contribution in [3.63, 3.8) is 0 Å². The Balaban J connectivity index is 1.84. The van der Waals surface area contributed by atoms with E-state index in [-0.39, 0.29) is 0 Å². The van der Waals surface area contributed by atoms with Gasteiger partial charge in [-0.15, -0.1) is 11.3 Å². The Morgan fingerprint density at radius 3 is 2.86 bits per heavy atom. The lowest BCUT2D eigenvalue weighted by molar-refractivity contribution is 0.700. The van der Waals surface area contributed by atoms with Gasteiger partial charge in [0.25, 0.3) is 0 Å². The third-order valence-corrected chi connectivity index (χ3v) is 5.60. The molecule has 1 aliphatic rings. The topological polar surface area (TPSA) is 37.8 Å². The van der Waals surface area contributed by atoms with Gasteiger partial charge in [-0.2, -0.15) is 0 Å². The molecule has 112 valence electrons. The minimum Gasteiger partial charge on any atom is -0.339 e. The van der Waals surface area contributed by atoms with Gasteiger partial charge in [0.2, 0.25) is 0 Å². The highest BCUT2D eigenvalue weighted by molar-refractivity contribution is 7.19. The summed E-state index contributed by atoms with van der Waals surface area (Å²) in [7, 11) is 0. The number of aromatic nitrogens is 2. The summed E-state index contributed by atoms with van der Waals surface area (Å²) in [6.45, 7) is 4.25. The second kappa shape index (κ2) is 5.36. The Hall–Kier alpha value is -1.94. The summed E-state index contributed by atoms with van der Waals surface area (Å²) in [5.74, 6) is 0.957. The molecule has 2 heterocycles. The van der Waals surface area contributed by atoms with Crippen molar-refractivity contribution in [2.45, 2.75) is 39.5 Å². The fraction of sp³-hybridized carbons (Fsp3) is 0.333. The molecule has 1 aromatic carbocycles. The summed E-state index contributed by atoms with van der Waals surface area (Å²) >= 11 is 1.84. The van der Waals surface area contributed by atoms with Gasteiger partial charge in [-0.1, -0.05) is 12.1 Å². The molecule has 1 N–H and O–H groups in total. The third-order valence-electron chi connectivity index (χ3n) is 4.40. The molecule has 1 aliphatic carbocycles. The molecule has 0 unspecified atom stereocenters. The average molecular weight is 309 g/mol. The van der Waals surface area contributed by atoms with Crippen LogP contribution in [0.25, 0.3) is 10.2 Å². The third kappa shape index (κ3) is 2.28. The highest BCUT2D eigenvalue weighted by atomic mass is 32.1. The van der Waals surface area contributed by atoms with E-state index >= 15 is 0 Å². The summed E-state index contributed by atoms with van der Waals surface area (Å²) in [6.07, 6.45) is 6.60. The van der Waals surface area contributed by atoms with E-state index in [4.69, 9.17) is 0 Å². The van der Waals surface area contributed by atoms with E-state index in [1.54, 1.807) is 6.33 Å². The van der Waals surface area contributed by atoms with Crippen molar-refractivity contribution in [1.82, 2.24) is 9.97 Å². The van der Waals surface area contributed by atoms with Crippen molar-refractivity contribution in [2.75, 3.05) is 5.32 Å². The Labute approximate surface area is 134 Å². The molecule has 22 heavy (non-hydrogen) atoms. The van der Waals surface area contributed by atoms with Crippen LogP contribution < -0.4 is 5.32 Å². The zero-order chi connectivity index (χ0) is 15.1. The van der Waals surface area contributed by atoms with E-state index in [0.29, 0.717) is 0 Å². The molecule has 0 spiro atoms. The fourth-order valence-corrected chi connectivity index (χ4v) is 4.41. The highest BCUT2D eigenvalue weighted by Gasteiger charge is 2.20. The number of hydrogen-bond acceptors (Lipinski definition) is 4. The second-order valence-corrected chi connectivity index (χ2v) is 7.14. The Morgan fingerprint density at radius 2 is 1.95 bits per heavy atom. The first-order valence-corrected chi connectivity index (χ1v) is 8.63. The molecule has 4 heteroatoms. The maximum atomic E-state index is 4.54. The standard InChI is InChI=1S/C18H19N3S/c1-11-7-8-12(2)14(9-11)21-17-16-13-5-3-4-6-15(13)22-18(16)20-10-19-17/h7-10H,3-6H2,1-2H3,(H,19,20,21). The molecule has 0 saturated carbocycles. The van der Waals surface area contributed by atoms with Gasteiger partial charge >= 0.3 is 0 Å². The molecule has 2 aromatic heterocycles. The number of nitrogens with zero attached hydrogens (tertiary/aromatic N) is 2. The number of nitrogens with one attached hydrogen (secondary N) is 1. The molecular formula is C18H19N3S. The molecule has 0 radical (unpaired) electrons. The summed E-state index contributed by atoms with van der Waals surface area (Å²) in [6, 6.07) is 6.48. The van der Waals surface area contributed by atoms with Crippen LogP contribution >= 0.6 is 11.3 Å². The van der Waals surface area contributed by atoms with Crippen LogP contribution in [0.2, 0.25) is 0 Å². The van der Waals surface area contributed by atoms with Crippen LogP contribution in [0.3, 0.4) is 0 Å². The van der Waals surface area contributed by atoms with Crippen LogP contribution in [0.5, 0.6) is 0 Å². The maximum absolute atomic E-state index is 4.54. The largest absolute Gasteiger partial charge is 0.339 e. The molecule has 4 rings (SSSR count). The Morgan fingerprint density at radius 1 is 1.09 bits per heavy atom. The van der Waals surface area contributed by atoms with Crippen molar-refractivity contribution in [3.05, 3.63) is 46.1 Å². The Kier molecular flexibility index (Phi) is 3.34. The number of benzene rings is 1. The predicted molar refractivity (Wildman–Crippen MR) is 93.3 cm³/mol. The van der Waals surface area contributed by atoms with Crippen molar-refractivity contribution in [3.8, 4) is 0 Å². The van der Waals surface area contributed by atoms with E-state index in [1.165, 1.54) is 46.2 Å². The van der Waals surface area contributed by atoms with E-state index < -0.39 is 0 Å². The molecular weight excluding hydrogens is 290 g/mol. The van der Waals surface area contributed by atoms with Crippen LogP contribution in [0.15, 0.2) is 24.5 Å². The molecule has 0 amide bonds. The summed E-state index contributed by atoms with van der Waals surface area (Å²) in [5.41, 5.74) is 5.10. The smallest absolute Gasteiger partial charge is 0.142 e. The SMILES string of the molecule is Cc1ccc(C)c(Nc2ncnc3sc4c(c23)CCCC4)c1. The van der Waals surface area contributed by atoms with Crippen LogP contribution in [0, 0.1) is 13.8 Å². The van der Waals surface area contributed by atoms with Gasteiger partial charge in [0.1, 0.15) is 17.0 Å². The van der Waals surface area contributed by atoms with Gasteiger partial charge in [0, 0.05) is 10.6 Å². The monoisotopic (exact) mass is 309 g/mol. The molecule has 0 atom stereocenters. The molecule has 0 saturated heterocycles. The van der Waals surface area contributed by atoms with Crippen molar-refractivity contribution >= 4 is 33.1 Å². The number of thiophene rings is 1. The number of fused-ring (bicyclic) bond motifs is 3. The summed E-state index contributed by atoms with van der Waals surface area (Å²) < 4.78 is 0. The number of rotatable bonds is 2. The van der Waals surface area contributed by atoms with Crippen LogP contribution in [-0.4, -0.2) is 9.97 Å². The van der Waals surface area contributed by atoms with Crippen LogP contribution in [-0.2, 0) is 12.8 Å². The minimum atomic E-state index is 0.957. The lowest BCUT2D eigenvalue weighted by Gasteiger charge is -2.13. The molecule has 0 aliphatic heterocycles. The molecule has 0 fully saturated rings. The van der Waals surface area contributed by atoms with E-state index in [2.05, 4.69) is 47.3 Å². The van der Waals surface area contributed by atoms with Crippen molar-refractivity contribution in [2.24, 2.45) is 0 Å². The lowest BCUT2D eigenvalue weighted by atomic mass is 9.97. The zero-order valence-electron chi connectivity index (χ0n) is 12.9.